The van der Waals surface area contributed by atoms with E-state index in [0.29, 0.717) is 12.3 Å². The minimum Gasteiger partial charge on any atom is -0.491 e. The van der Waals surface area contributed by atoms with Crippen molar-refractivity contribution >= 4 is 33.2 Å². The highest BCUT2D eigenvalue weighted by Crippen LogP contribution is 2.24. The van der Waals surface area contributed by atoms with E-state index in [1.165, 1.54) is 25.2 Å². The highest BCUT2D eigenvalue weighted by Gasteiger charge is 2.17. The largest absolute Gasteiger partial charge is 0.491 e. The average molecular weight is 411 g/mol. The molecule has 1 atom stereocenters. The first-order chi connectivity index (χ1) is 12.6. The van der Waals surface area contributed by atoms with Gasteiger partial charge in [0, 0.05) is 7.05 Å². The van der Waals surface area contributed by atoms with Gasteiger partial charge in [0.2, 0.25) is 10.0 Å². The zero-order valence-electron chi connectivity index (χ0n) is 15.7. The van der Waals surface area contributed by atoms with Gasteiger partial charge in [0.05, 0.1) is 28.6 Å². The van der Waals surface area contributed by atoms with E-state index in [1.54, 1.807) is 0 Å². The number of para-hydroxylation sites is 1. The standard InChI is InChI=1S/C19H23ClN2O4S/c1-13-7-5-6-8-18(13)26-12-14(2)21-19(23)16-10-9-15(11-17(16)20)22(3)27(4,24)25/h5-11,14H,12H2,1-4H3,(H,21,23). The van der Waals surface area contributed by atoms with Crippen molar-refractivity contribution < 1.29 is 17.9 Å². The lowest BCUT2D eigenvalue weighted by Gasteiger charge is -2.19. The van der Waals surface area contributed by atoms with Crippen molar-refractivity contribution in [2.75, 3.05) is 24.2 Å². The minimum atomic E-state index is -3.40. The van der Waals surface area contributed by atoms with Crippen LogP contribution >= 0.6 is 11.6 Å². The molecule has 2 rings (SSSR count). The van der Waals surface area contributed by atoms with E-state index in [-0.39, 0.29) is 22.5 Å². The van der Waals surface area contributed by atoms with E-state index in [2.05, 4.69) is 5.32 Å². The molecule has 0 aliphatic rings. The fourth-order valence-corrected chi connectivity index (χ4v) is 3.11. The summed E-state index contributed by atoms with van der Waals surface area (Å²) in [7, 11) is -1.98. The number of ether oxygens (including phenoxy) is 1. The Hall–Kier alpha value is -2.25. The van der Waals surface area contributed by atoms with Crippen molar-refractivity contribution in [2.45, 2.75) is 19.9 Å². The Kier molecular flexibility index (Phi) is 6.73. The molecule has 2 aromatic rings. The monoisotopic (exact) mass is 410 g/mol. The second-order valence-corrected chi connectivity index (χ2v) is 8.77. The lowest BCUT2D eigenvalue weighted by Crippen LogP contribution is -2.37. The van der Waals surface area contributed by atoms with E-state index in [9.17, 15) is 13.2 Å². The number of nitrogens with zero attached hydrogens (tertiary/aromatic N) is 1. The molecule has 0 bridgehead atoms. The number of anilines is 1. The maximum absolute atomic E-state index is 12.4. The highest BCUT2D eigenvalue weighted by molar-refractivity contribution is 7.92. The van der Waals surface area contributed by atoms with Crippen LogP contribution < -0.4 is 14.4 Å². The second-order valence-electron chi connectivity index (χ2n) is 6.35. The van der Waals surface area contributed by atoms with Crippen molar-refractivity contribution in [3.63, 3.8) is 0 Å². The smallest absolute Gasteiger partial charge is 0.253 e. The number of rotatable bonds is 7. The van der Waals surface area contributed by atoms with E-state index >= 15 is 0 Å². The van der Waals surface area contributed by atoms with Gasteiger partial charge in [-0.25, -0.2) is 8.42 Å². The molecule has 0 aliphatic carbocycles. The lowest BCUT2D eigenvalue weighted by molar-refractivity contribution is 0.0927. The quantitative estimate of drug-likeness (QED) is 0.760. The first-order valence-corrected chi connectivity index (χ1v) is 10.5. The summed E-state index contributed by atoms with van der Waals surface area (Å²) in [6, 6.07) is 11.9. The van der Waals surface area contributed by atoms with Gasteiger partial charge in [-0.2, -0.15) is 0 Å². The van der Waals surface area contributed by atoms with E-state index < -0.39 is 10.0 Å². The summed E-state index contributed by atoms with van der Waals surface area (Å²) in [6.07, 6.45) is 1.09. The molecule has 0 saturated carbocycles. The molecule has 0 aromatic heterocycles. The van der Waals surface area contributed by atoms with Crippen molar-refractivity contribution in [3.05, 3.63) is 58.6 Å². The molecular weight excluding hydrogens is 388 g/mol. The fraction of sp³-hybridized carbons (Fsp3) is 0.316. The number of hydrogen-bond acceptors (Lipinski definition) is 4. The molecule has 27 heavy (non-hydrogen) atoms. The van der Waals surface area contributed by atoms with Crippen LogP contribution in [0.5, 0.6) is 5.75 Å². The molecule has 1 N–H and O–H groups in total. The summed E-state index contributed by atoms with van der Waals surface area (Å²) in [5.74, 6) is 0.416. The number of aryl methyl sites for hydroxylation is 1. The zero-order chi connectivity index (χ0) is 20.2. The third kappa shape index (κ3) is 5.61. The van der Waals surface area contributed by atoms with E-state index in [0.717, 1.165) is 21.9 Å². The summed E-state index contributed by atoms with van der Waals surface area (Å²) in [6.45, 7) is 4.09. The Morgan fingerprint density at radius 3 is 2.52 bits per heavy atom. The second kappa shape index (κ2) is 8.63. The molecule has 0 fully saturated rings. The maximum atomic E-state index is 12.4. The number of amides is 1. The Labute approximate surface area is 165 Å². The van der Waals surface area contributed by atoms with Gasteiger partial charge in [-0.3, -0.25) is 9.10 Å². The van der Waals surface area contributed by atoms with Crippen LogP contribution in [0.1, 0.15) is 22.8 Å². The first-order valence-electron chi connectivity index (χ1n) is 8.32. The van der Waals surface area contributed by atoms with Crippen LogP contribution in [0.25, 0.3) is 0 Å². The van der Waals surface area contributed by atoms with Gasteiger partial charge in [-0.1, -0.05) is 29.8 Å². The van der Waals surface area contributed by atoms with Gasteiger partial charge in [-0.05, 0) is 43.7 Å². The van der Waals surface area contributed by atoms with Crippen molar-refractivity contribution in [1.29, 1.82) is 0 Å². The number of nitrogens with one attached hydrogen (secondary N) is 1. The number of sulfonamides is 1. The predicted molar refractivity (Wildman–Crippen MR) is 108 cm³/mol. The molecule has 8 heteroatoms. The summed E-state index contributed by atoms with van der Waals surface area (Å²) < 4.78 is 30.0. The van der Waals surface area contributed by atoms with Crippen LogP contribution in [0, 0.1) is 6.92 Å². The first kappa shape index (κ1) is 21.1. The Morgan fingerprint density at radius 1 is 1.26 bits per heavy atom. The van der Waals surface area contributed by atoms with Crippen LogP contribution in [-0.2, 0) is 10.0 Å². The predicted octanol–water partition coefficient (Wildman–Crippen LogP) is 3.24. The van der Waals surface area contributed by atoms with Crippen LogP contribution in [-0.4, -0.2) is 40.3 Å². The number of hydrogen-bond donors (Lipinski definition) is 1. The van der Waals surface area contributed by atoms with Gasteiger partial charge >= 0.3 is 0 Å². The van der Waals surface area contributed by atoms with Crippen LogP contribution in [0.3, 0.4) is 0 Å². The number of benzene rings is 2. The maximum Gasteiger partial charge on any atom is 0.253 e. The average Bonchev–Trinajstić information content (AvgIpc) is 2.59. The number of halogens is 1. The minimum absolute atomic E-state index is 0.174. The summed E-state index contributed by atoms with van der Waals surface area (Å²) in [5, 5.41) is 3.00. The van der Waals surface area contributed by atoms with E-state index in [1.807, 2.05) is 38.1 Å². The molecule has 0 radical (unpaired) electrons. The fourth-order valence-electron chi connectivity index (χ4n) is 2.35. The lowest BCUT2D eigenvalue weighted by atomic mass is 10.1. The van der Waals surface area contributed by atoms with Crippen LogP contribution in [0.4, 0.5) is 5.69 Å². The van der Waals surface area contributed by atoms with Crippen molar-refractivity contribution in [2.24, 2.45) is 0 Å². The Bertz CT molecular complexity index is 931. The third-order valence-corrected chi connectivity index (χ3v) is 5.54. The van der Waals surface area contributed by atoms with Gasteiger partial charge in [0.15, 0.2) is 0 Å². The molecule has 146 valence electrons. The number of carbonyl (C=O) groups is 1. The zero-order valence-corrected chi connectivity index (χ0v) is 17.3. The number of carbonyl (C=O) groups excluding carboxylic acids is 1. The molecule has 1 amide bonds. The third-order valence-electron chi connectivity index (χ3n) is 4.02. The molecule has 2 aromatic carbocycles. The molecule has 0 heterocycles. The summed E-state index contributed by atoms with van der Waals surface area (Å²) in [4.78, 5) is 12.4. The van der Waals surface area contributed by atoms with E-state index in [4.69, 9.17) is 16.3 Å². The molecule has 0 spiro atoms. The summed E-state index contributed by atoms with van der Waals surface area (Å²) >= 11 is 6.18. The van der Waals surface area contributed by atoms with Crippen LogP contribution in [0.2, 0.25) is 5.02 Å². The van der Waals surface area contributed by atoms with Gasteiger partial charge in [-0.15, -0.1) is 0 Å². The Morgan fingerprint density at radius 2 is 1.93 bits per heavy atom. The summed E-state index contributed by atoms with van der Waals surface area (Å²) in [5.41, 5.74) is 1.67. The van der Waals surface area contributed by atoms with Gasteiger partial charge in [0.25, 0.3) is 5.91 Å². The topological polar surface area (TPSA) is 75.7 Å². The van der Waals surface area contributed by atoms with Gasteiger partial charge in [0.1, 0.15) is 12.4 Å². The molecule has 6 nitrogen and oxygen atoms in total. The molecule has 1 unspecified atom stereocenters. The normalized spacial score (nSPS) is 12.3. The van der Waals surface area contributed by atoms with Gasteiger partial charge < -0.3 is 10.1 Å². The Balaban J connectivity index is 2.02. The highest BCUT2D eigenvalue weighted by atomic mass is 35.5. The van der Waals surface area contributed by atoms with Crippen molar-refractivity contribution in [1.82, 2.24) is 5.32 Å². The van der Waals surface area contributed by atoms with Crippen molar-refractivity contribution in [3.8, 4) is 5.75 Å². The molecule has 0 aliphatic heterocycles. The molecule has 0 saturated heterocycles. The molecular formula is C19H23ClN2O4S. The SMILES string of the molecule is Cc1ccccc1OCC(C)NC(=O)c1ccc(N(C)S(C)(=O)=O)cc1Cl. The van der Waals surface area contributed by atoms with Crippen LogP contribution in [0.15, 0.2) is 42.5 Å².